The van der Waals surface area contributed by atoms with Crippen LogP contribution < -0.4 is 5.32 Å². The number of nitrogens with one attached hydrogen (secondary N) is 2. The predicted molar refractivity (Wildman–Crippen MR) is 136 cm³/mol. The van der Waals surface area contributed by atoms with E-state index in [-0.39, 0.29) is 24.6 Å². The molecule has 4 heterocycles. The van der Waals surface area contributed by atoms with Crippen molar-refractivity contribution in [2.75, 3.05) is 18.4 Å². The number of halogens is 2. The Morgan fingerprint density at radius 3 is 2.51 bits per heavy atom. The molecule has 1 aliphatic rings. The first-order valence-corrected chi connectivity index (χ1v) is 11.6. The van der Waals surface area contributed by atoms with Crippen LogP contribution in [0.25, 0.3) is 33.4 Å². The van der Waals surface area contributed by atoms with Crippen LogP contribution in [0.5, 0.6) is 0 Å². The number of rotatable bonds is 5. The zero-order chi connectivity index (χ0) is 25.5. The summed E-state index contributed by atoms with van der Waals surface area (Å²) >= 11 is 0. The van der Waals surface area contributed by atoms with Gasteiger partial charge in [0.2, 0.25) is 0 Å². The summed E-state index contributed by atoms with van der Waals surface area (Å²) in [6.07, 6.45) is 3.60. The van der Waals surface area contributed by atoms with Crippen LogP contribution in [0.2, 0.25) is 0 Å². The molecule has 1 aliphatic heterocycles. The second kappa shape index (κ2) is 8.98. The molecule has 0 atom stereocenters. The van der Waals surface area contributed by atoms with E-state index in [1.54, 1.807) is 36.1 Å². The summed E-state index contributed by atoms with van der Waals surface area (Å²) in [6.45, 7) is -0.0682. The minimum Gasteiger partial charge on any atom is -0.340 e. The van der Waals surface area contributed by atoms with Gasteiger partial charge in [0.25, 0.3) is 12.0 Å². The molecular weight excluding hydrogens is 476 g/mol. The van der Waals surface area contributed by atoms with Crippen molar-refractivity contribution in [3.63, 3.8) is 0 Å². The second-order valence-corrected chi connectivity index (χ2v) is 8.84. The SMILES string of the molecule is Cn1c(C(=O)N2CC(=C(F)F)C2)cc2ccc(-c3nccc(Nc4ccc(-c5cn[nH]c5)cc4)n3)cc21. The van der Waals surface area contributed by atoms with Gasteiger partial charge in [0, 0.05) is 65.8 Å². The van der Waals surface area contributed by atoms with Crippen molar-refractivity contribution in [1.29, 1.82) is 0 Å². The number of likely N-dealkylation sites (tertiary alicyclic amines) is 1. The Bertz CT molecular complexity index is 1640. The molecule has 6 rings (SSSR count). The number of H-pyrrole nitrogens is 1. The molecular formula is C27H21F2N7O. The van der Waals surface area contributed by atoms with Crippen LogP contribution in [0, 0.1) is 0 Å². The van der Waals surface area contributed by atoms with Crippen molar-refractivity contribution >= 4 is 28.3 Å². The Balaban J connectivity index is 1.23. The summed E-state index contributed by atoms with van der Waals surface area (Å²) in [7, 11) is 1.79. The van der Waals surface area contributed by atoms with Crippen LogP contribution >= 0.6 is 0 Å². The maximum atomic E-state index is 12.8. The van der Waals surface area contributed by atoms with Crippen molar-refractivity contribution in [2.45, 2.75) is 0 Å². The van der Waals surface area contributed by atoms with Gasteiger partial charge in [-0.25, -0.2) is 9.97 Å². The maximum Gasteiger partial charge on any atom is 0.273 e. The molecule has 37 heavy (non-hydrogen) atoms. The minimum absolute atomic E-state index is 0.00828. The van der Waals surface area contributed by atoms with E-state index in [2.05, 4.69) is 25.5 Å². The molecule has 1 fully saturated rings. The van der Waals surface area contributed by atoms with E-state index < -0.39 is 6.08 Å². The van der Waals surface area contributed by atoms with E-state index in [9.17, 15) is 13.6 Å². The van der Waals surface area contributed by atoms with Crippen LogP contribution in [0.4, 0.5) is 20.3 Å². The van der Waals surface area contributed by atoms with Gasteiger partial charge >= 0.3 is 0 Å². The number of aromatic nitrogens is 5. The van der Waals surface area contributed by atoms with Gasteiger partial charge in [-0.1, -0.05) is 24.3 Å². The predicted octanol–water partition coefficient (Wildman–Crippen LogP) is 5.38. The third-order valence-corrected chi connectivity index (χ3v) is 6.49. The van der Waals surface area contributed by atoms with Gasteiger partial charge in [0.1, 0.15) is 11.5 Å². The molecule has 0 unspecified atom stereocenters. The number of fused-ring (bicyclic) bond motifs is 1. The molecule has 0 bridgehead atoms. The Labute approximate surface area is 210 Å². The smallest absolute Gasteiger partial charge is 0.273 e. The van der Waals surface area contributed by atoms with E-state index in [0.717, 1.165) is 33.3 Å². The summed E-state index contributed by atoms with van der Waals surface area (Å²) in [4.78, 5) is 23.4. The van der Waals surface area contributed by atoms with Crippen LogP contribution in [0.1, 0.15) is 10.5 Å². The molecule has 5 aromatic rings. The fourth-order valence-electron chi connectivity index (χ4n) is 4.38. The number of amides is 1. The van der Waals surface area contributed by atoms with Crippen molar-refractivity contribution in [3.05, 3.63) is 90.5 Å². The lowest BCUT2D eigenvalue weighted by Gasteiger charge is -2.33. The van der Waals surface area contributed by atoms with Gasteiger partial charge in [0.05, 0.1) is 6.20 Å². The number of hydrogen-bond donors (Lipinski definition) is 2. The van der Waals surface area contributed by atoms with Crippen molar-refractivity contribution < 1.29 is 13.6 Å². The van der Waals surface area contributed by atoms with Crippen LogP contribution in [-0.2, 0) is 7.05 Å². The summed E-state index contributed by atoms with van der Waals surface area (Å²) in [5, 5.41) is 11.0. The molecule has 0 saturated carbocycles. The number of aryl methyl sites for hydroxylation is 1. The number of hydrogen-bond acceptors (Lipinski definition) is 5. The van der Waals surface area contributed by atoms with Crippen LogP contribution in [0.3, 0.4) is 0 Å². The highest BCUT2D eigenvalue weighted by molar-refractivity contribution is 6.00. The molecule has 8 nitrogen and oxygen atoms in total. The molecule has 3 aromatic heterocycles. The Kier molecular flexibility index (Phi) is 5.48. The largest absolute Gasteiger partial charge is 0.340 e. The third-order valence-electron chi connectivity index (χ3n) is 6.49. The average Bonchev–Trinajstić information content (AvgIpc) is 3.52. The number of carbonyl (C=O) groups is 1. The van der Waals surface area contributed by atoms with Gasteiger partial charge in [-0.15, -0.1) is 0 Å². The molecule has 2 aromatic carbocycles. The normalized spacial score (nSPS) is 13.1. The van der Waals surface area contributed by atoms with Crippen molar-refractivity contribution in [2.24, 2.45) is 7.05 Å². The highest BCUT2D eigenvalue weighted by Gasteiger charge is 2.31. The minimum atomic E-state index is -1.70. The lowest BCUT2D eigenvalue weighted by molar-refractivity contribution is 0.0709. The fraction of sp³-hybridized carbons (Fsp3) is 0.111. The van der Waals surface area contributed by atoms with Gasteiger partial charge in [0.15, 0.2) is 5.82 Å². The summed E-state index contributed by atoms with van der Waals surface area (Å²) < 4.78 is 27.2. The van der Waals surface area contributed by atoms with Gasteiger partial charge in [-0.05, 0) is 35.9 Å². The zero-order valence-electron chi connectivity index (χ0n) is 19.7. The van der Waals surface area contributed by atoms with E-state index in [1.807, 2.05) is 48.7 Å². The third kappa shape index (κ3) is 4.22. The fourth-order valence-corrected chi connectivity index (χ4v) is 4.38. The van der Waals surface area contributed by atoms with Gasteiger partial charge in [-0.2, -0.15) is 13.9 Å². The monoisotopic (exact) mass is 497 g/mol. The van der Waals surface area contributed by atoms with Crippen molar-refractivity contribution in [1.82, 2.24) is 29.6 Å². The first-order chi connectivity index (χ1) is 18.0. The quantitative estimate of drug-likeness (QED) is 0.340. The standard InChI is InChI=1S/C27H21F2N7O/c1-35-22-11-18(3-2-17(22)10-23(35)27(37)36-14-20(15-36)25(28)29)26-30-9-8-24(34-26)33-21-6-4-16(5-7-21)19-12-31-32-13-19/h2-13H,14-15H2,1H3,(H,31,32)(H,30,33,34). The Morgan fingerprint density at radius 2 is 1.78 bits per heavy atom. The maximum absolute atomic E-state index is 12.8. The number of aromatic amines is 1. The summed E-state index contributed by atoms with van der Waals surface area (Å²) in [6, 6.07) is 17.2. The second-order valence-electron chi connectivity index (χ2n) is 8.84. The van der Waals surface area contributed by atoms with Crippen molar-refractivity contribution in [3.8, 4) is 22.5 Å². The highest BCUT2D eigenvalue weighted by Crippen LogP contribution is 2.29. The lowest BCUT2D eigenvalue weighted by atomic mass is 10.1. The topological polar surface area (TPSA) is 91.7 Å². The van der Waals surface area contributed by atoms with E-state index in [1.165, 1.54) is 4.90 Å². The molecule has 1 saturated heterocycles. The summed E-state index contributed by atoms with van der Waals surface area (Å²) in [5.74, 6) is 0.907. The van der Waals surface area contributed by atoms with E-state index >= 15 is 0 Å². The molecule has 10 heteroatoms. The van der Waals surface area contributed by atoms with Gasteiger partial charge in [-0.3, -0.25) is 9.89 Å². The highest BCUT2D eigenvalue weighted by atomic mass is 19.3. The molecule has 0 aliphatic carbocycles. The van der Waals surface area contributed by atoms with E-state index in [4.69, 9.17) is 0 Å². The molecule has 184 valence electrons. The summed E-state index contributed by atoms with van der Waals surface area (Å²) in [5.41, 5.74) is 5.02. The average molecular weight is 498 g/mol. The molecule has 0 radical (unpaired) electrons. The first kappa shape index (κ1) is 22.6. The van der Waals surface area contributed by atoms with Gasteiger partial charge < -0.3 is 14.8 Å². The van der Waals surface area contributed by atoms with E-state index in [0.29, 0.717) is 17.3 Å². The number of nitrogens with zero attached hydrogens (tertiary/aromatic N) is 5. The van der Waals surface area contributed by atoms with Crippen LogP contribution in [0.15, 0.2) is 84.8 Å². The Morgan fingerprint density at radius 1 is 1.00 bits per heavy atom. The van der Waals surface area contributed by atoms with Crippen LogP contribution in [-0.4, -0.2) is 48.6 Å². The molecule has 0 spiro atoms. The first-order valence-electron chi connectivity index (χ1n) is 11.6. The Hall–Kier alpha value is -4.86. The number of anilines is 2. The number of carbonyl (C=O) groups excluding carboxylic acids is 1. The molecule has 2 N–H and O–H groups in total. The number of benzene rings is 2. The molecule has 1 amide bonds. The zero-order valence-corrected chi connectivity index (χ0v) is 19.7. The lowest BCUT2D eigenvalue weighted by Crippen LogP contribution is -2.45.